The van der Waals surface area contributed by atoms with Gasteiger partial charge in [-0.3, -0.25) is 4.79 Å². The normalized spacial score (nSPS) is 11.5. The predicted molar refractivity (Wildman–Crippen MR) is 93.3 cm³/mol. The van der Waals surface area contributed by atoms with Crippen LogP contribution in [-0.2, 0) is 19.0 Å². The first kappa shape index (κ1) is 23.0. The first-order valence-electron chi connectivity index (χ1n) is 8.44. The molecule has 0 aliphatic heterocycles. The smallest absolute Gasteiger partial charge is 0.410 e. The highest BCUT2D eigenvalue weighted by Crippen LogP contribution is 2.10. The van der Waals surface area contributed by atoms with Gasteiger partial charge in [0.1, 0.15) is 17.8 Å². The molecule has 0 aromatic rings. The number of nitrogens with one attached hydrogen (secondary N) is 1. The number of carbonyl (C=O) groups is 3. The molecular formula is C17H32N2O6. The molecule has 0 aliphatic carbocycles. The molecule has 0 fully saturated rings. The predicted octanol–water partition coefficient (Wildman–Crippen LogP) is 2.70. The van der Waals surface area contributed by atoms with Gasteiger partial charge in [-0.2, -0.15) is 0 Å². The van der Waals surface area contributed by atoms with Gasteiger partial charge < -0.3 is 24.4 Å². The van der Waals surface area contributed by atoms with E-state index in [1.165, 1.54) is 4.90 Å². The van der Waals surface area contributed by atoms with Crippen molar-refractivity contribution in [1.29, 1.82) is 0 Å². The molecule has 0 heterocycles. The van der Waals surface area contributed by atoms with Crippen molar-refractivity contribution < 1.29 is 28.6 Å². The number of hydrogen-bond acceptors (Lipinski definition) is 6. The van der Waals surface area contributed by atoms with Crippen LogP contribution in [0.5, 0.6) is 0 Å². The van der Waals surface area contributed by atoms with Crippen molar-refractivity contribution in [1.82, 2.24) is 10.2 Å². The van der Waals surface area contributed by atoms with Crippen molar-refractivity contribution in [3.8, 4) is 0 Å². The van der Waals surface area contributed by atoms with Crippen LogP contribution in [0.4, 0.5) is 9.59 Å². The molecule has 0 aromatic carbocycles. The maximum absolute atomic E-state index is 12.2. The highest BCUT2D eigenvalue weighted by Gasteiger charge is 2.23. The summed E-state index contributed by atoms with van der Waals surface area (Å²) in [5, 5.41) is 2.58. The molecule has 0 unspecified atom stereocenters. The summed E-state index contributed by atoms with van der Waals surface area (Å²) >= 11 is 0. The van der Waals surface area contributed by atoms with Crippen LogP contribution in [0.15, 0.2) is 0 Å². The highest BCUT2D eigenvalue weighted by molar-refractivity contribution is 5.70. The number of nitrogens with zero attached hydrogens (tertiary/aromatic N) is 1. The van der Waals surface area contributed by atoms with E-state index in [0.29, 0.717) is 0 Å². The van der Waals surface area contributed by atoms with Gasteiger partial charge in [-0.25, -0.2) is 9.59 Å². The zero-order chi connectivity index (χ0) is 19.7. The second kappa shape index (κ2) is 10.1. The van der Waals surface area contributed by atoms with E-state index in [1.54, 1.807) is 48.5 Å². The van der Waals surface area contributed by atoms with Crippen molar-refractivity contribution in [2.75, 3.05) is 26.2 Å². The fraction of sp³-hybridized carbons (Fsp3) is 0.824. The summed E-state index contributed by atoms with van der Waals surface area (Å²) in [7, 11) is 0. The summed E-state index contributed by atoms with van der Waals surface area (Å²) in [5.74, 6) is -0.337. The molecule has 1 N–H and O–H groups in total. The molecule has 0 saturated carbocycles. The van der Waals surface area contributed by atoms with Crippen molar-refractivity contribution in [3.63, 3.8) is 0 Å². The van der Waals surface area contributed by atoms with Gasteiger partial charge in [0, 0.05) is 19.5 Å². The summed E-state index contributed by atoms with van der Waals surface area (Å²) in [6, 6.07) is 0. The molecule has 0 atom stereocenters. The molecule has 146 valence electrons. The van der Waals surface area contributed by atoms with Gasteiger partial charge >= 0.3 is 18.2 Å². The van der Waals surface area contributed by atoms with Gasteiger partial charge in [0.15, 0.2) is 0 Å². The average Bonchev–Trinajstić information content (AvgIpc) is 2.41. The monoisotopic (exact) mass is 360 g/mol. The van der Waals surface area contributed by atoms with Gasteiger partial charge in [-0.05, 0) is 41.5 Å². The zero-order valence-corrected chi connectivity index (χ0v) is 16.4. The quantitative estimate of drug-likeness (QED) is 0.554. The van der Waals surface area contributed by atoms with E-state index in [9.17, 15) is 14.4 Å². The maximum atomic E-state index is 12.2. The molecule has 0 aromatic heterocycles. The van der Waals surface area contributed by atoms with E-state index in [4.69, 9.17) is 14.2 Å². The second-order valence-corrected chi connectivity index (χ2v) is 7.47. The van der Waals surface area contributed by atoms with Gasteiger partial charge in [0.25, 0.3) is 0 Å². The van der Waals surface area contributed by atoms with Gasteiger partial charge in [-0.1, -0.05) is 6.92 Å². The molecule has 0 radical (unpaired) electrons. The van der Waals surface area contributed by atoms with Crippen LogP contribution < -0.4 is 5.32 Å². The van der Waals surface area contributed by atoms with Gasteiger partial charge in [-0.15, -0.1) is 0 Å². The lowest BCUT2D eigenvalue weighted by molar-refractivity contribution is -0.143. The van der Waals surface area contributed by atoms with E-state index in [-0.39, 0.29) is 38.6 Å². The lowest BCUT2D eigenvalue weighted by Crippen LogP contribution is -2.43. The van der Waals surface area contributed by atoms with Crippen molar-refractivity contribution in [2.24, 2.45) is 0 Å². The fourth-order valence-corrected chi connectivity index (χ4v) is 1.60. The minimum atomic E-state index is -0.645. The Labute approximate surface area is 150 Å². The second-order valence-electron chi connectivity index (χ2n) is 7.47. The Morgan fingerprint density at radius 1 is 0.920 bits per heavy atom. The lowest BCUT2D eigenvalue weighted by atomic mass is 10.2. The largest absolute Gasteiger partial charge is 0.464 e. The summed E-state index contributed by atoms with van der Waals surface area (Å²) in [6.07, 6.45) is -0.827. The topological polar surface area (TPSA) is 94.2 Å². The van der Waals surface area contributed by atoms with Crippen molar-refractivity contribution >= 4 is 18.2 Å². The van der Waals surface area contributed by atoms with E-state index in [2.05, 4.69) is 5.32 Å². The Kier molecular flexibility index (Phi) is 9.30. The molecule has 0 aliphatic rings. The van der Waals surface area contributed by atoms with E-state index >= 15 is 0 Å². The molecule has 0 bridgehead atoms. The van der Waals surface area contributed by atoms with Crippen LogP contribution in [-0.4, -0.2) is 60.5 Å². The third-order valence-electron chi connectivity index (χ3n) is 2.61. The van der Waals surface area contributed by atoms with Crippen molar-refractivity contribution in [2.45, 2.75) is 66.1 Å². The summed E-state index contributed by atoms with van der Waals surface area (Å²) < 4.78 is 15.5. The number of alkyl carbamates (subject to hydrolysis) is 1. The first-order valence-corrected chi connectivity index (χ1v) is 8.44. The standard InChI is InChI=1S/C17H32N2O6/c1-8-13(20)23-12-11-19(15(22)25-17(5,6)7)10-9-18-14(21)24-16(2,3)4/h8-12H2,1-7H3,(H,18,21). The molecule has 25 heavy (non-hydrogen) atoms. The number of esters is 1. The van der Waals surface area contributed by atoms with E-state index in [1.807, 2.05) is 0 Å². The summed E-state index contributed by atoms with van der Waals surface area (Å²) in [4.78, 5) is 36.4. The van der Waals surface area contributed by atoms with Crippen molar-refractivity contribution in [3.05, 3.63) is 0 Å². The minimum Gasteiger partial charge on any atom is -0.464 e. The molecule has 0 saturated heterocycles. The summed E-state index contributed by atoms with van der Waals surface area (Å²) in [5.41, 5.74) is -1.24. The summed E-state index contributed by atoms with van der Waals surface area (Å²) in [6.45, 7) is 12.9. The third kappa shape index (κ3) is 13.0. The Bertz CT molecular complexity index is 451. The molecular weight excluding hydrogens is 328 g/mol. The number of hydrogen-bond donors (Lipinski definition) is 1. The fourth-order valence-electron chi connectivity index (χ4n) is 1.60. The lowest BCUT2D eigenvalue weighted by Gasteiger charge is -2.27. The Balaban J connectivity index is 4.54. The SMILES string of the molecule is CCC(=O)OCCN(CCNC(=O)OC(C)(C)C)C(=O)OC(C)(C)C. The van der Waals surface area contributed by atoms with Crippen LogP contribution in [0.2, 0.25) is 0 Å². The van der Waals surface area contributed by atoms with E-state index < -0.39 is 23.4 Å². The first-order chi connectivity index (χ1) is 11.3. The third-order valence-corrected chi connectivity index (χ3v) is 2.61. The number of carbonyl (C=O) groups excluding carboxylic acids is 3. The van der Waals surface area contributed by atoms with Crippen LogP contribution in [0.25, 0.3) is 0 Å². The Hall–Kier alpha value is -1.99. The molecule has 0 spiro atoms. The minimum absolute atomic E-state index is 0.0678. The maximum Gasteiger partial charge on any atom is 0.410 e. The highest BCUT2D eigenvalue weighted by atomic mass is 16.6. The van der Waals surface area contributed by atoms with Gasteiger partial charge in [0.2, 0.25) is 0 Å². The van der Waals surface area contributed by atoms with Crippen LogP contribution in [0.1, 0.15) is 54.9 Å². The molecule has 8 nitrogen and oxygen atoms in total. The van der Waals surface area contributed by atoms with Crippen LogP contribution in [0, 0.1) is 0 Å². The number of ether oxygens (including phenoxy) is 3. The molecule has 2 amide bonds. The Morgan fingerprint density at radius 2 is 1.48 bits per heavy atom. The number of amides is 2. The van der Waals surface area contributed by atoms with E-state index in [0.717, 1.165) is 0 Å². The number of rotatable bonds is 7. The Morgan fingerprint density at radius 3 is 1.96 bits per heavy atom. The zero-order valence-electron chi connectivity index (χ0n) is 16.4. The molecule has 8 heteroatoms. The average molecular weight is 360 g/mol. The molecule has 0 rings (SSSR count). The van der Waals surface area contributed by atoms with Gasteiger partial charge in [0.05, 0.1) is 6.54 Å². The van der Waals surface area contributed by atoms with Crippen LogP contribution in [0.3, 0.4) is 0 Å². The van der Waals surface area contributed by atoms with Crippen LogP contribution >= 0.6 is 0 Å².